The van der Waals surface area contributed by atoms with Gasteiger partial charge in [0.25, 0.3) is 0 Å². The molecule has 1 aromatic carbocycles. The topological polar surface area (TPSA) is 63.3 Å². The van der Waals surface area contributed by atoms with Crippen LogP contribution in [0.5, 0.6) is 0 Å². The SMILES string of the molecule is CC(N)(CC(=O)O)c1cc(Cl)ccc1Cl. The van der Waals surface area contributed by atoms with E-state index in [1.54, 1.807) is 25.1 Å². The fourth-order valence-corrected chi connectivity index (χ4v) is 1.85. The summed E-state index contributed by atoms with van der Waals surface area (Å²) in [4.78, 5) is 10.6. The summed E-state index contributed by atoms with van der Waals surface area (Å²) in [5.74, 6) is -0.976. The highest BCUT2D eigenvalue weighted by molar-refractivity contribution is 6.33. The van der Waals surface area contributed by atoms with Crippen molar-refractivity contribution in [2.24, 2.45) is 5.73 Å². The Labute approximate surface area is 97.8 Å². The molecule has 0 fully saturated rings. The minimum atomic E-state index is -1.02. The maximum atomic E-state index is 10.6. The summed E-state index contributed by atoms with van der Waals surface area (Å²) >= 11 is 11.7. The molecular weight excluding hydrogens is 237 g/mol. The maximum absolute atomic E-state index is 10.6. The van der Waals surface area contributed by atoms with Crippen molar-refractivity contribution in [1.82, 2.24) is 0 Å². The van der Waals surface area contributed by atoms with Crippen LogP contribution in [0.25, 0.3) is 0 Å². The van der Waals surface area contributed by atoms with E-state index in [1.165, 1.54) is 0 Å². The maximum Gasteiger partial charge on any atom is 0.305 e. The molecule has 0 saturated heterocycles. The van der Waals surface area contributed by atoms with Crippen molar-refractivity contribution in [3.05, 3.63) is 33.8 Å². The van der Waals surface area contributed by atoms with Gasteiger partial charge in [0, 0.05) is 10.0 Å². The van der Waals surface area contributed by atoms with Gasteiger partial charge in [-0.3, -0.25) is 4.79 Å². The van der Waals surface area contributed by atoms with Crippen molar-refractivity contribution in [3.63, 3.8) is 0 Å². The summed E-state index contributed by atoms with van der Waals surface area (Å²) in [7, 11) is 0. The first kappa shape index (κ1) is 12.3. The Kier molecular flexibility index (Phi) is 3.60. The van der Waals surface area contributed by atoms with E-state index in [4.69, 9.17) is 34.0 Å². The molecule has 0 spiro atoms. The molecule has 1 unspecified atom stereocenters. The van der Waals surface area contributed by atoms with Gasteiger partial charge in [0.1, 0.15) is 0 Å². The Bertz CT molecular complexity index is 391. The third-order valence-corrected chi connectivity index (χ3v) is 2.63. The van der Waals surface area contributed by atoms with E-state index < -0.39 is 11.5 Å². The molecule has 0 aliphatic rings. The quantitative estimate of drug-likeness (QED) is 0.864. The summed E-state index contributed by atoms with van der Waals surface area (Å²) in [5.41, 5.74) is 5.41. The summed E-state index contributed by atoms with van der Waals surface area (Å²) in [5, 5.41) is 9.62. The number of carbonyl (C=O) groups is 1. The molecule has 0 amide bonds. The molecule has 5 heteroatoms. The highest BCUT2D eigenvalue weighted by Gasteiger charge is 2.27. The van der Waals surface area contributed by atoms with Crippen molar-refractivity contribution >= 4 is 29.2 Å². The summed E-state index contributed by atoms with van der Waals surface area (Å²) in [6.07, 6.45) is -0.201. The molecule has 82 valence electrons. The van der Waals surface area contributed by atoms with Gasteiger partial charge in [-0.2, -0.15) is 0 Å². The van der Waals surface area contributed by atoms with E-state index in [9.17, 15) is 4.79 Å². The molecule has 0 saturated carbocycles. The predicted octanol–water partition coefficient (Wildman–Crippen LogP) is 2.64. The summed E-state index contributed by atoms with van der Waals surface area (Å²) in [6.45, 7) is 1.61. The van der Waals surface area contributed by atoms with Gasteiger partial charge >= 0.3 is 5.97 Å². The minimum Gasteiger partial charge on any atom is -0.481 e. The van der Waals surface area contributed by atoms with Gasteiger partial charge < -0.3 is 10.8 Å². The minimum absolute atomic E-state index is 0.201. The third kappa shape index (κ3) is 3.09. The Hall–Kier alpha value is -0.770. The monoisotopic (exact) mass is 247 g/mol. The number of nitrogens with two attached hydrogens (primary N) is 1. The largest absolute Gasteiger partial charge is 0.481 e. The predicted molar refractivity (Wildman–Crippen MR) is 60.3 cm³/mol. The Balaban J connectivity index is 3.13. The zero-order valence-electron chi connectivity index (χ0n) is 8.13. The second-order valence-corrected chi connectivity index (χ2v) is 4.46. The second kappa shape index (κ2) is 4.39. The van der Waals surface area contributed by atoms with Crippen LogP contribution in [-0.2, 0) is 10.3 Å². The molecule has 1 atom stereocenters. The molecule has 0 aliphatic carbocycles. The van der Waals surface area contributed by atoms with Crippen LogP contribution in [0.2, 0.25) is 10.0 Å². The highest BCUT2D eigenvalue weighted by atomic mass is 35.5. The van der Waals surface area contributed by atoms with Crippen LogP contribution < -0.4 is 5.73 Å². The average molecular weight is 248 g/mol. The molecule has 0 bridgehead atoms. The average Bonchev–Trinajstić information content (AvgIpc) is 2.06. The zero-order chi connectivity index (χ0) is 11.6. The fourth-order valence-electron chi connectivity index (χ4n) is 1.34. The second-order valence-electron chi connectivity index (χ2n) is 3.61. The Morgan fingerprint density at radius 2 is 2.13 bits per heavy atom. The van der Waals surface area contributed by atoms with Crippen LogP contribution in [0.15, 0.2) is 18.2 Å². The molecule has 1 rings (SSSR count). The van der Waals surface area contributed by atoms with Gasteiger partial charge in [0.05, 0.1) is 12.0 Å². The Morgan fingerprint density at radius 3 is 2.67 bits per heavy atom. The van der Waals surface area contributed by atoms with Crippen molar-refractivity contribution in [2.45, 2.75) is 18.9 Å². The lowest BCUT2D eigenvalue weighted by molar-refractivity contribution is -0.138. The molecule has 0 heterocycles. The van der Waals surface area contributed by atoms with Gasteiger partial charge in [-0.15, -0.1) is 0 Å². The van der Waals surface area contributed by atoms with Gasteiger partial charge in [0.2, 0.25) is 0 Å². The molecule has 1 aromatic rings. The number of aliphatic carboxylic acids is 1. The highest BCUT2D eigenvalue weighted by Crippen LogP contribution is 2.30. The van der Waals surface area contributed by atoms with Crippen LogP contribution in [0.4, 0.5) is 0 Å². The van der Waals surface area contributed by atoms with Gasteiger partial charge in [-0.1, -0.05) is 23.2 Å². The normalized spacial score (nSPS) is 14.7. The van der Waals surface area contributed by atoms with E-state index in [2.05, 4.69) is 0 Å². The van der Waals surface area contributed by atoms with Gasteiger partial charge in [-0.05, 0) is 30.7 Å². The van der Waals surface area contributed by atoms with Gasteiger partial charge in [0.15, 0.2) is 0 Å². The van der Waals surface area contributed by atoms with E-state index in [-0.39, 0.29) is 6.42 Å². The first-order valence-electron chi connectivity index (χ1n) is 4.29. The number of hydrogen-bond donors (Lipinski definition) is 2. The molecule has 3 N–H and O–H groups in total. The number of rotatable bonds is 3. The van der Waals surface area contributed by atoms with Crippen LogP contribution in [0.1, 0.15) is 18.9 Å². The molecule has 15 heavy (non-hydrogen) atoms. The summed E-state index contributed by atoms with van der Waals surface area (Å²) < 4.78 is 0. The number of carboxylic acids is 1. The van der Waals surface area contributed by atoms with E-state index in [0.717, 1.165) is 0 Å². The summed E-state index contributed by atoms with van der Waals surface area (Å²) in [6, 6.07) is 4.82. The van der Waals surface area contributed by atoms with Crippen molar-refractivity contribution < 1.29 is 9.90 Å². The fraction of sp³-hybridized carbons (Fsp3) is 0.300. The lowest BCUT2D eigenvalue weighted by Crippen LogP contribution is -2.35. The number of benzene rings is 1. The lowest BCUT2D eigenvalue weighted by atomic mass is 9.90. The standard InChI is InChI=1S/C10H11Cl2NO2/c1-10(13,5-9(14)15)7-4-6(11)2-3-8(7)12/h2-4H,5,13H2,1H3,(H,14,15). The Morgan fingerprint density at radius 1 is 1.53 bits per heavy atom. The lowest BCUT2D eigenvalue weighted by Gasteiger charge is -2.24. The molecule has 0 aromatic heterocycles. The van der Waals surface area contributed by atoms with Crippen LogP contribution in [-0.4, -0.2) is 11.1 Å². The van der Waals surface area contributed by atoms with Gasteiger partial charge in [-0.25, -0.2) is 0 Å². The number of carboxylic acid groups (broad SMARTS) is 1. The van der Waals surface area contributed by atoms with Crippen LogP contribution >= 0.6 is 23.2 Å². The van der Waals surface area contributed by atoms with Crippen LogP contribution in [0, 0.1) is 0 Å². The first-order valence-corrected chi connectivity index (χ1v) is 5.05. The molecular formula is C10H11Cl2NO2. The molecule has 0 radical (unpaired) electrons. The van der Waals surface area contributed by atoms with Crippen molar-refractivity contribution in [1.29, 1.82) is 0 Å². The third-order valence-electron chi connectivity index (χ3n) is 2.06. The van der Waals surface area contributed by atoms with Crippen molar-refractivity contribution in [3.8, 4) is 0 Å². The van der Waals surface area contributed by atoms with E-state index >= 15 is 0 Å². The zero-order valence-corrected chi connectivity index (χ0v) is 9.64. The molecule has 3 nitrogen and oxygen atoms in total. The van der Waals surface area contributed by atoms with E-state index in [1.807, 2.05) is 0 Å². The van der Waals surface area contributed by atoms with E-state index in [0.29, 0.717) is 15.6 Å². The number of hydrogen-bond acceptors (Lipinski definition) is 2. The van der Waals surface area contributed by atoms with Crippen molar-refractivity contribution in [2.75, 3.05) is 0 Å². The number of halogens is 2. The first-order chi connectivity index (χ1) is 6.83. The van der Waals surface area contributed by atoms with Crippen LogP contribution in [0.3, 0.4) is 0 Å². The molecule has 0 aliphatic heterocycles. The smallest absolute Gasteiger partial charge is 0.305 e.